The zero-order chi connectivity index (χ0) is 19.7. The second kappa shape index (κ2) is 7.01. The lowest BCUT2D eigenvalue weighted by Crippen LogP contribution is -2.13. The van der Waals surface area contributed by atoms with Gasteiger partial charge in [0, 0.05) is 11.4 Å². The first-order valence-corrected chi connectivity index (χ1v) is 10.2. The van der Waals surface area contributed by atoms with Crippen molar-refractivity contribution in [1.29, 1.82) is 0 Å². The van der Waals surface area contributed by atoms with Crippen LogP contribution in [-0.2, 0) is 21.2 Å². The summed E-state index contributed by atoms with van der Waals surface area (Å²) in [5.41, 5.74) is 2.89. The minimum Gasteiger partial charge on any atom is -0.457 e. The fraction of sp³-hybridized carbons (Fsp3) is 0.0952. The van der Waals surface area contributed by atoms with Crippen LogP contribution in [0.25, 0.3) is 0 Å². The molecule has 28 heavy (non-hydrogen) atoms. The van der Waals surface area contributed by atoms with E-state index in [2.05, 4.69) is 10.0 Å². The van der Waals surface area contributed by atoms with E-state index in [1.807, 2.05) is 31.2 Å². The number of carbonyl (C=O) groups excluding carboxylic acids is 1. The van der Waals surface area contributed by atoms with Gasteiger partial charge in [-0.3, -0.25) is 9.52 Å². The van der Waals surface area contributed by atoms with E-state index in [0.29, 0.717) is 28.4 Å². The van der Waals surface area contributed by atoms with E-state index in [1.165, 1.54) is 12.1 Å². The largest absolute Gasteiger partial charge is 0.457 e. The maximum Gasteiger partial charge on any atom is 0.261 e. The van der Waals surface area contributed by atoms with Crippen molar-refractivity contribution >= 4 is 27.3 Å². The predicted octanol–water partition coefficient (Wildman–Crippen LogP) is 4.08. The second-order valence-electron chi connectivity index (χ2n) is 6.59. The first-order chi connectivity index (χ1) is 13.4. The number of amides is 1. The number of nitrogens with one attached hydrogen (secondary N) is 2. The molecule has 1 aliphatic heterocycles. The molecule has 4 rings (SSSR count). The van der Waals surface area contributed by atoms with E-state index < -0.39 is 10.0 Å². The van der Waals surface area contributed by atoms with Crippen LogP contribution in [0.3, 0.4) is 0 Å². The molecular formula is C21H18N2O4S. The molecule has 1 amide bonds. The minimum absolute atomic E-state index is 0.114. The number of anilines is 2. The Kier molecular flexibility index (Phi) is 4.52. The van der Waals surface area contributed by atoms with Gasteiger partial charge in [0.15, 0.2) is 0 Å². The normalized spacial score (nSPS) is 13.0. The van der Waals surface area contributed by atoms with Crippen LogP contribution >= 0.6 is 0 Å². The molecule has 0 aromatic heterocycles. The molecule has 0 radical (unpaired) electrons. The summed E-state index contributed by atoms with van der Waals surface area (Å²) < 4.78 is 33.6. The molecule has 3 aromatic rings. The van der Waals surface area contributed by atoms with Gasteiger partial charge in [0.05, 0.1) is 11.3 Å². The molecule has 142 valence electrons. The third kappa shape index (κ3) is 3.84. The highest BCUT2D eigenvalue weighted by Crippen LogP contribution is 2.28. The molecule has 2 N–H and O–H groups in total. The summed E-state index contributed by atoms with van der Waals surface area (Å²) in [6.45, 7) is 2.00. The molecule has 0 unspecified atom stereocenters. The minimum atomic E-state index is -3.76. The first kappa shape index (κ1) is 18.1. The van der Waals surface area contributed by atoms with Crippen molar-refractivity contribution in [3.8, 4) is 11.5 Å². The summed E-state index contributed by atoms with van der Waals surface area (Å²) in [7, 11) is -3.76. The molecule has 6 nitrogen and oxygen atoms in total. The molecule has 7 heteroatoms. The summed E-state index contributed by atoms with van der Waals surface area (Å²) >= 11 is 0. The van der Waals surface area contributed by atoms with Gasteiger partial charge < -0.3 is 10.1 Å². The number of ether oxygens (including phenoxy) is 1. The van der Waals surface area contributed by atoms with Gasteiger partial charge in [-0.25, -0.2) is 8.42 Å². The first-order valence-electron chi connectivity index (χ1n) is 8.69. The van der Waals surface area contributed by atoms with Gasteiger partial charge in [-0.05, 0) is 67.1 Å². The number of rotatable bonds is 5. The van der Waals surface area contributed by atoms with Crippen molar-refractivity contribution in [3.05, 3.63) is 77.9 Å². The molecule has 0 atom stereocenters. The van der Waals surface area contributed by atoms with Crippen LogP contribution in [0.4, 0.5) is 11.4 Å². The summed E-state index contributed by atoms with van der Waals surface area (Å²) in [4.78, 5) is 11.6. The van der Waals surface area contributed by atoms with Crippen molar-refractivity contribution in [2.24, 2.45) is 0 Å². The number of hydrogen-bond donors (Lipinski definition) is 2. The summed E-state index contributed by atoms with van der Waals surface area (Å²) in [5.74, 6) is 1.18. The summed E-state index contributed by atoms with van der Waals surface area (Å²) in [5, 5.41) is 2.69. The topological polar surface area (TPSA) is 84.5 Å². The Labute approximate surface area is 163 Å². The third-order valence-electron chi connectivity index (χ3n) is 4.38. The SMILES string of the molecule is Cc1ccc(Oc2ccc(NS(=O)(=O)c3ccc4c(c3)CC(=O)N4)cc2)cc1. The van der Waals surface area contributed by atoms with E-state index >= 15 is 0 Å². The van der Waals surface area contributed by atoms with Crippen LogP contribution in [-0.4, -0.2) is 14.3 Å². The number of hydrogen-bond acceptors (Lipinski definition) is 4. The Bertz CT molecular complexity index is 1140. The van der Waals surface area contributed by atoms with Crippen LogP contribution < -0.4 is 14.8 Å². The number of carbonyl (C=O) groups is 1. The van der Waals surface area contributed by atoms with Crippen molar-refractivity contribution in [2.75, 3.05) is 10.0 Å². The molecule has 1 aliphatic rings. The van der Waals surface area contributed by atoms with E-state index in [1.54, 1.807) is 30.3 Å². The molecule has 0 aliphatic carbocycles. The average Bonchev–Trinajstić information content (AvgIpc) is 3.04. The molecular weight excluding hydrogens is 376 g/mol. The zero-order valence-corrected chi connectivity index (χ0v) is 15.9. The molecule has 0 saturated carbocycles. The molecule has 0 bridgehead atoms. The smallest absolute Gasteiger partial charge is 0.261 e. The van der Waals surface area contributed by atoms with E-state index in [4.69, 9.17) is 4.74 Å². The number of fused-ring (bicyclic) bond motifs is 1. The quantitative estimate of drug-likeness (QED) is 0.683. The summed E-state index contributed by atoms with van der Waals surface area (Å²) in [6.07, 6.45) is 0.184. The Balaban J connectivity index is 1.48. The van der Waals surface area contributed by atoms with E-state index in [-0.39, 0.29) is 17.2 Å². The van der Waals surface area contributed by atoms with Crippen LogP contribution in [0.5, 0.6) is 11.5 Å². The van der Waals surface area contributed by atoms with Gasteiger partial charge in [-0.1, -0.05) is 17.7 Å². The zero-order valence-electron chi connectivity index (χ0n) is 15.1. The Hall–Kier alpha value is -3.32. The number of benzene rings is 3. The van der Waals surface area contributed by atoms with Gasteiger partial charge in [0.25, 0.3) is 10.0 Å². The highest BCUT2D eigenvalue weighted by Gasteiger charge is 2.21. The van der Waals surface area contributed by atoms with E-state index in [9.17, 15) is 13.2 Å². The molecule has 3 aromatic carbocycles. The van der Waals surface area contributed by atoms with Gasteiger partial charge >= 0.3 is 0 Å². The Morgan fingerprint density at radius 2 is 1.57 bits per heavy atom. The fourth-order valence-corrected chi connectivity index (χ4v) is 4.03. The van der Waals surface area contributed by atoms with Gasteiger partial charge in [0.2, 0.25) is 5.91 Å². The van der Waals surface area contributed by atoms with E-state index in [0.717, 1.165) is 5.56 Å². The van der Waals surface area contributed by atoms with Crippen LogP contribution in [0.2, 0.25) is 0 Å². The van der Waals surface area contributed by atoms with Crippen molar-refractivity contribution < 1.29 is 17.9 Å². The van der Waals surface area contributed by atoms with Crippen molar-refractivity contribution in [2.45, 2.75) is 18.2 Å². The average molecular weight is 394 g/mol. The molecule has 0 spiro atoms. The van der Waals surface area contributed by atoms with Gasteiger partial charge in [-0.15, -0.1) is 0 Å². The standard InChI is InChI=1S/C21H18N2O4S/c1-14-2-6-17(7-3-14)27-18-8-4-16(5-9-18)23-28(25,26)19-10-11-20-15(12-19)13-21(24)22-20/h2-12,23H,13H2,1H3,(H,22,24). The van der Waals surface area contributed by atoms with Crippen LogP contribution in [0, 0.1) is 6.92 Å². The monoisotopic (exact) mass is 394 g/mol. The maximum absolute atomic E-state index is 12.6. The van der Waals surface area contributed by atoms with Crippen molar-refractivity contribution in [3.63, 3.8) is 0 Å². The molecule has 1 heterocycles. The number of sulfonamides is 1. The Morgan fingerprint density at radius 1 is 0.929 bits per heavy atom. The molecule has 0 saturated heterocycles. The number of aryl methyl sites for hydroxylation is 1. The lowest BCUT2D eigenvalue weighted by Gasteiger charge is -2.10. The molecule has 0 fully saturated rings. The highest BCUT2D eigenvalue weighted by atomic mass is 32.2. The van der Waals surface area contributed by atoms with Crippen molar-refractivity contribution in [1.82, 2.24) is 0 Å². The summed E-state index contributed by atoms with van der Waals surface area (Å²) in [6, 6.07) is 18.9. The predicted molar refractivity (Wildman–Crippen MR) is 107 cm³/mol. The lowest BCUT2D eigenvalue weighted by atomic mass is 10.2. The van der Waals surface area contributed by atoms with Crippen LogP contribution in [0.1, 0.15) is 11.1 Å². The van der Waals surface area contributed by atoms with Gasteiger partial charge in [-0.2, -0.15) is 0 Å². The second-order valence-corrected chi connectivity index (χ2v) is 8.27. The fourth-order valence-electron chi connectivity index (χ4n) is 2.92. The Morgan fingerprint density at radius 3 is 2.25 bits per heavy atom. The highest BCUT2D eigenvalue weighted by molar-refractivity contribution is 7.92. The van der Waals surface area contributed by atoms with Crippen LogP contribution in [0.15, 0.2) is 71.6 Å². The maximum atomic E-state index is 12.6. The van der Waals surface area contributed by atoms with Gasteiger partial charge in [0.1, 0.15) is 11.5 Å². The third-order valence-corrected chi connectivity index (χ3v) is 5.75. The lowest BCUT2D eigenvalue weighted by molar-refractivity contribution is -0.115.